The number of aryl methyl sites for hydroxylation is 1. The minimum Gasteiger partial charge on any atom is -0.494 e. The maximum atomic E-state index is 12.5. The van der Waals surface area contributed by atoms with Crippen LogP contribution in [0.25, 0.3) is 0 Å². The van der Waals surface area contributed by atoms with Crippen LogP contribution in [0.2, 0.25) is 0 Å². The summed E-state index contributed by atoms with van der Waals surface area (Å²) < 4.78 is 5.43. The van der Waals surface area contributed by atoms with Gasteiger partial charge in [-0.25, -0.2) is 0 Å². The van der Waals surface area contributed by atoms with E-state index in [2.05, 4.69) is 5.32 Å². The fourth-order valence-electron chi connectivity index (χ4n) is 2.95. The highest BCUT2D eigenvalue weighted by Crippen LogP contribution is 2.18. The summed E-state index contributed by atoms with van der Waals surface area (Å²) in [6.45, 7) is 7.39. The number of ether oxygens (including phenoxy) is 1. The van der Waals surface area contributed by atoms with Crippen LogP contribution in [0, 0.1) is 13.8 Å². The first-order valence-corrected chi connectivity index (χ1v) is 9.80. The number of anilines is 1. The van der Waals surface area contributed by atoms with Crippen LogP contribution in [-0.2, 0) is 16.1 Å². The zero-order valence-electron chi connectivity index (χ0n) is 18.0. The smallest absolute Gasteiger partial charge is 0.238 e. The lowest BCUT2D eigenvalue weighted by atomic mass is 10.1. The van der Waals surface area contributed by atoms with Crippen molar-refractivity contribution in [3.8, 4) is 5.75 Å². The van der Waals surface area contributed by atoms with Crippen molar-refractivity contribution in [3.63, 3.8) is 0 Å². The molecule has 0 saturated heterocycles. The molecule has 156 valence electrons. The number of hydrogen-bond donors (Lipinski definition) is 1. The molecule has 0 bridgehead atoms. The molecule has 1 N–H and O–H groups in total. The molecule has 0 aliphatic rings. The van der Waals surface area contributed by atoms with Gasteiger partial charge in [-0.1, -0.05) is 24.3 Å². The number of likely N-dealkylation sites (N-methyl/N-ethyl adjacent to an activating group) is 2. The van der Waals surface area contributed by atoms with Gasteiger partial charge in [-0.3, -0.25) is 14.5 Å². The quantitative estimate of drug-likeness (QED) is 0.706. The zero-order valence-corrected chi connectivity index (χ0v) is 18.0. The van der Waals surface area contributed by atoms with Crippen molar-refractivity contribution in [3.05, 3.63) is 59.2 Å². The highest BCUT2D eigenvalue weighted by Gasteiger charge is 2.15. The van der Waals surface area contributed by atoms with E-state index in [4.69, 9.17) is 4.74 Å². The molecule has 0 heterocycles. The molecule has 6 nitrogen and oxygen atoms in total. The third-order valence-electron chi connectivity index (χ3n) is 4.78. The van der Waals surface area contributed by atoms with E-state index in [1.54, 1.807) is 23.9 Å². The second-order valence-corrected chi connectivity index (χ2v) is 7.29. The number of carbonyl (C=O) groups is 2. The summed E-state index contributed by atoms with van der Waals surface area (Å²) in [4.78, 5) is 28.2. The van der Waals surface area contributed by atoms with E-state index in [1.807, 2.05) is 63.2 Å². The van der Waals surface area contributed by atoms with Crippen molar-refractivity contribution in [1.29, 1.82) is 0 Å². The van der Waals surface area contributed by atoms with Gasteiger partial charge in [0.05, 0.1) is 19.7 Å². The van der Waals surface area contributed by atoms with Crippen molar-refractivity contribution in [1.82, 2.24) is 9.80 Å². The lowest BCUT2D eigenvalue weighted by Crippen LogP contribution is -2.39. The van der Waals surface area contributed by atoms with Crippen LogP contribution >= 0.6 is 0 Å². The molecule has 0 unspecified atom stereocenters. The van der Waals surface area contributed by atoms with E-state index in [-0.39, 0.29) is 24.9 Å². The lowest BCUT2D eigenvalue weighted by molar-refractivity contribution is -0.131. The first-order valence-electron chi connectivity index (χ1n) is 9.80. The summed E-state index contributed by atoms with van der Waals surface area (Å²) in [6.07, 6.45) is 0. The second-order valence-electron chi connectivity index (χ2n) is 7.29. The number of nitrogens with zero attached hydrogens (tertiary/aromatic N) is 2. The molecule has 2 amide bonds. The average molecular weight is 398 g/mol. The Labute approximate surface area is 173 Å². The van der Waals surface area contributed by atoms with E-state index in [9.17, 15) is 9.59 Å². The van der Waals surface area contributed by atoms with E-state index in [0.29, 0.717) is 13.2 Å². The highest BCUT2D eigenvalue weighted by atomic mass is 16.5. The first kappa shape index (κ1) is 22.4. The minimum absolute atomic E-state index is 0.0408. The largest absolute Gasteiger partial charge is 0.494 e. The van der Waals surface area contributed by atoms with Gasteiger partial charge in [-0.05, 0) is 62.7 Å². The van der Waals surface area contributed by atoms with Crippen LogP contribution in [0.1, 0.15) is 23.6 Å². The molecule has 0 radical (unpaired) electrons. The fraction of sp³-hybridized carbons (Fsp3) is 0.391. The van der Waals surface area contributed by atoms with Crippen LogP contribution < -0.4 is 10.1 Å². The third kappa shape index (κ3) is 6.91. The number of benzene rings is 2. The van der Waals surface area contributed by atoms with Crippen LogP contribution in [0.3, 0.4) is 0 Å². The maximum absolute atomic E-state index is 12.5. The molecule has 0 saturated carbocycles. The number of carbonyl (C=O) groups excluding carboxylic acids is 2. The minimum atomic E-state index is -0.136. The van der Waals surface area contributed by atoms with Crippen molar-refractivity contribution in [2.75, 3.05) is 39.1 Å². The standard InChI is InChI=1S/C23H31N3O3/c1-6-29-20-12-10-19(11-13-20)14-26(5)23(28)16-25(4)15-22(27)24-21-9-7-8-17(2)18(21)3/h7-13H,6,14-16H2,1-5H3,(H,24,27). The van der Waals surface area contributed by atoms with Crippen LogP contribution in [0.15, 0.2) is 42.5 Å². The lowest BCUT2D eigenvalue weighted by Gasteiger charge is -2.22. The van der Waals surface area contributed by atoms with Gasteiger partial charge in [-0.2, -0.15) is 0 Å². The zero-order chi connectivity index (χ0) is 21.4. The molecular formula is C23H31N3O3. The molecule has 2 rings (SSSR count). The van der Waals surface area contributed by atoms with Crippen LogP contribution in [0.5, 0.6) is 5.75 Å². The molecular weight excluding hydrogens is 366 g/mol. The van der Waals surface area contributed by atoms with Gasteiger partial charge in [-0.15, -0.1) is 0 Å². The molecule has 0 aliphatic carbocycles. The summed E-state index contributed by atoms with van der Waals surface area (Å²) in [6, 6.07) is 13.5. The van der Waals surface area contributed by atoms with E-state index < -0.39 is 0 Å². The Morgan fingerprint density at radius 1 is 1.00 bits per heavy atom. The molecule has 0 fully saturated rings. The average Bonchev–Trinajstić information content (AvgIpc) is 2.67. The Balaban J connectivity index is 1.82. The van der Waals surface area contributed by atoms with Crippen molar-refractivity contribution in [2.45, 2.75) is 27.3 Å². The summed E-state index contributed by atoms with van der Waals surface area (Å²) in [7, 11) is 3.54. The van der Waals surface area contributed by atoms with Crippen molar-refractivity contribution in [2.24, 2.45) is 0 Å². The van der Waals surface area contributed by atoms with Gasteiger partial charge in [0.2, 0.25) is 11.8 Å². The summed E-state index contributed by atoms with van der Waals surface area (Å²) in [5.41, 5.74) is 4.01. The third-order valence-corrected chi connectivity index (χ3v) is 4.78. The van der Waals surface area contributed by atoms with Crippen LogP contribution in [-0.4, -0.2) is 55.4 Å². The summed E-state index contributed by atoms with van der Waals surface area (Å²) in [5, 5.41) is 2.92. The fourth-order valence-corrected chi connectivity index (χ4v) is 2.95. The molecule has 0 atom stereocenters. The number of hydrogen-bond acceptors (Lipinski definition) is 4. The molecule has 0 aliphatic heterocycles. The Kier molecular flexibility index (Phi) is 8.21. The van der Waals surface area contributed by atoms with E-state index >= 15 is 0 Å². The SMILES string of the molecule is CCOc1ccc(CN(C)C(=O)CN(C)CC(=O)Nc2cccc(C)c2C)cc1. The Bertz CT molecular complexity index is 834. The van der Waals surface area contributed by atoms with E-state index in [1.165, 1.54) is 0 Å². The van der Waals surface area contributed by atoms with Crippen molar-refractivity contribution >= 4 is 17.5 Å². The first-order chi connectivity index (χ1) is 13.8. The monoisotopic (exact) mass is 397 g/mol. The van der Waals surface area contributed by atoms with E-state index in [0.717, 1.165) is 28.1 Å². The van der Waals surface area contributed by atoms with Crippen molar-refractivity contribution < 1.29 is 14.3 Å². The second kappa shape index (κ2) is 10.6. The topological polar surface area (TPSA) is 61.9 Å². The molecule has 2 aromatic carbocycles. The van der Waals surface area contributed by atoms with Gasteiger partial charge in [0.25, 0.3) is 0 Å². The molecule has 0 aromatic heterocycles. The number of nitrogens with one attached hydrogen (secondary N) is 1. The Morgan fingerprint density at radius 3 is 2.34 bits per heavy atom. The Morgan fingerprint density at radius 2 is 1.69 bits per heavy atom. The van der Waals surface area contributed by atoms with Crippen LogP contribution in [0.4, 0.5) is 5.69 Å². The maximum Gasteiger partial charge on any atom is 0.238 e. The van der Waals surface area contributed by atoms with Gasteiger partial charge >= 0.3 is 0 Å². The predicted molar refractivity (Wildman–Crippen MR) is 116 cm³/mol. The predicted octanol–water partition coefficient (Wildman–Crippen LogP) is 3.23. The molecule has 0 spiro atoms. The molecule has 6 heteroatoms. The highest BCUT2D eigenvalue weighted by molar-refractivity contribution is 5.93. The summed E-state index contributed by atoms with van der Waals surface area (Å²) in [5.74, 6) is 0.643. The van der Waals surface area contributed by atoms with Gasteiger partial charge in [0, 0.05) is 19.3 Å². The Hall–Kier alpha value is -2.86. The summed E-state index contributed by atoms with van der Waals surface area (Å²) >= 11 is 0. The number of rotatable bonds is 9. The molecule has 29 heavy (non-hydrogen) atoms. The van der Waals surface area contributed by atoms with Gasteiger partial charge in [0.1, 0.15) is 5.75 Å². The molecule has 2 aromatic rings. The number of amides is 2. The van der Waals surface area contributed by atoms with Gasteiger partial charge < -0.3 is 15.0 Å². The van der Waals surface area contributed by atoms with Gasteiger partial charge in [0.15, 0.2) is 0 Å². The normalized spacial score (nSPS) is 10.7.